The molecule has 2 heterocycles. The number of nitrogens with zero attached hydrogens (tertiary/aromatic N) is 3. The zero-order valence-corrected chi connectivity index (χ0v) is 19.1. The van der Waals surface area contributed by atoms with Crippen LogP contribution in [0, 0.1) is 5.82 Å². The Morgan fingerprint density at radius 3 is 2.25 bits per heavy atom. The number of piperazine rings is 1. The molecular formula is C22H25ClFN3O4S. The Labute approximate surface area is 192 Å². The van der Waals surface area contributed by atoms with Gasteiger partial charge >= 0.3 is 0 Å². The number of hydrogen-bond acceptors (Lipinski definition) is 5. The molecule has 2 aliphatic heterocycles. The Morgan fingerprint density at radius 2 is 1.62 bits per heavy atom. The first-order valence-electron chi connectivity index (χ1n) is 10.6. The minimum absolute atomic E-state index is 0.125. The lowest BCUT2D eigenvalue weighted by Gasteiger charge is -2.36. The minimum Gasteiger partial charge on any atom is -0.482 e. The lowest BCUT2D eigenvalue weighted by Crippen LogP contribution is -2.50. The molecule has 2 aromatic rings. The first-order chi connectivity index (χ1) is 15.3. The van der Waals surface area contributed by atoms with Crippen LogP contribution in [0.4, 0.5) is 10.1 Å². The van der Waals surface area contributed by atoms with E-state index in [9.17, 15) is 17.6 Å². The predicted molar refractivity (Wildman–Crippen MR) is 120 cm³/mol. The summed E-state index contributed by atoms with van der Waals surface area (Å²) >= 11 is 6.24. The number of amides is 1. The molecule has 0 spiro atoms. The van der Waals surface area contributed by atoms with E-state index in [-0.39, 0.29) is 34.0 Å². The molecule has 2 saturated heterocycles. The maximum Gasteiger partial charge on any atom is 0.260 e. The number of ether oxygens (including phenoxy) is 1. The summed E-state index contributed by atoms with van der Waals surface area (Å²) in [5.74, 6) is -0.182. The van der Waals surface area contributed by atoms with Gasteiger partial charge in [0, 0.05) is 45.0 Å². The van der Waals surface area contributed by atoms with Crippen LogP contribution in [0.3, 0.4) is 0 Å². The Balaban J connectivity index is 1.31. The monoisotopic (exact) mass is 481 g/mol. The largest absolute Gasteiger partial charge is 0.482 e. The molecule has 0 N–H and O–H groups in total. The number of rotatable bonds is 6. The second-order valence-electron chi connectivity index (χ2n) is 7.84. The van der Waals surface area contributed by atoms with Crippen molar-refractivity contribution in [3.8, 4) is 5.75 Å². The highest BCUT2D eigenvalue weighted by atomic mass is 35.5. The summed E-state index contributed by atoms with van der Waals surface area (Å²) < 4.78 is 45.5. The summed E-state index contributed by atoms with van der Waals surface area (Å²) in [6, 6.07) is 10.6. The number of halogens is 2. The van der Waals surface area contributed by atoms with Crippen LogP contribution in [0.2, 0.25) is 5.02 Å². The lowest BCUT2D eigenvalue weighted by molar-refractivity contribution is -0.133. The maximum atomic E-state index is 13.1. The van der Waals surface area contributed by atoms with E-state index in [1.807, 2.05) is 0 Å². The highest BCUT2D eigenvalue weighted by molar-refractivity contribution is 7.89. The van der Waals surface area contributed by atoms with Gasteiger partial charge in [-0.05, 0) is 55.3 Å². The highest BCUT2D eigenvalue weighted by Crippen LogP contribution is 2.30. The van der Waals surface area contributed by atoms with E-state index in [0.717, 1.165) is 18.5 Å². The van der Waals surface area contributed by atoms with Crippen LogP contribution in [-0.2, 0) is 14.8 Å². The predicted octanol–water partition coefficient (Wildman–Crippen LogP) is 2.99. The summed E-state index contributed by atoms with van der Waals surface area (Å²) in [5, 5.41) is 0.152. The van der Waals surface area contributed by atoms with Gasteiger partial charge in [0.1, 0.15) is 11.6 Å². The zero-order valence-electron chi connectivity index (χ0n) is 17.5. The van der Waals surface area contributed by atoms with E-state index in [1.165, 1.54) is 34.6 Å². The normalized spacial score (nSPS) is 17.6. The number of benzene rings is 2. The van der Waals surface area contributed by atoms with Gasteiger partial charge in [0.15, 0.2) is 6.61 Å². The fourth-order valence-corrected chi connectivity index (χ4v) is 5.78. The Bertz CT molecular complexity index is 1070. The summed E-state index contributed by atoms with van der Waals surface area (Å²) in [5.41, 5.74) is 0.922. The number of carbonyl (C=O) groups excluding carboxylic acids is 1. The Morgan fingerprint density at radius 1 is 0.969 bits per heavy atom. The number of anilines is 1. The van der Waals surface area contributed by atoms with Crippen LogP contribution in [-0.4, -0.2) is 69.4 Å². The van der Waals surface area contributed by atoms with E-state index in [1.54, 1.807) is 17.0 Å². The molecule has 2 aliphatic rings. The van der Waals surface area contributed by atoms with Gasteiger partial charge in [-0.1, -0.05) is 11.6 Å². The molecule has 7 nitrogen and oxygen atoms in total. The third kappa shape index (κ3) is 5.00. The van der Waals surface area contributed by atoms with Crippen LogP contribution >= 0.6 is 11.6 Å². The van der Waals surface area contributed by atoms with Gasteiger partial charge in [-0.3, -0.25) is 4.79 Å². The number of hydrogen-bond donors (Lipinski definition) is 0. The fraction of sp³-hybridized carbons (Fsp3) is 0.409. The van der Waals surface area contributed by atoms with Crippen LogP contribution in [0.5, 0.6) is 5.75 Å². The van der Waals surface area contributed by atoms with Crippen molar-refractivity contribution in [2.75, 3.05) is 50.8 Å². The van der Waals surface area contributed by atoms with Gasteiger partial charge in [-0.15, -0.1) is 0 Å². The highest BCUT2D eigenvalue weighted by Gasteiger charge is 2.28. The Kier molecular flexibility index (Phi) is 6.88. The average molecular weight is 482 g/mol. The van der Waals surface area contributed by atoms with Crippen molar-refractivity contribution in [1.29, 1.82) is 0 Å². The van der Waals surface area contributed by atoms with Crippen molar-refractivity contribution < 1.29 is 22.3 Å². The summed E-state index contributed by atoms with van der Waals surface area (Å²) in [6.45, 7) is 3.18. The van der Waals surface area contributed by atoms with Gasteiger partial charge in [0.2, 0.25) is 10.0 Å². The molecule has 10 heteroatoms. The molecule has 32 heavy (non-hydrogen) atoms. The van der Waals surface area contributed by atoms with Crippen molar-refractivity contribution in [3.63, 3.8) is 0 Å². The fourth-order valence-electron chi connectivity index (χ4n) is 3.93. The van der Waals surface area contributed by atoms with Crippen molar-refractivity contribution >= 4 is 33.2 Å². The van der Waals surface area contributed by atoms with Crippen molar-refractivity contribution in [1.82, 2.24) is 9.21 Å². The van der Waals surface area contributed by atoms with E-state index >= 15 is 0 Å². The smallest absolute Gasteiger partial charge is 0.260 e. The molecule has 0 bridgehead atoms. The number of carbonyl (C=O) groups is 1. The molecule has 172 valence electrons. The van der Waals surface area contributed by atoms with Crippen molar-refractivity contribution in [2.24, 2.45) is 0 Å². The molecule has 0 radical (unpaired) electrons. The molecular weight excluding hydrogens is 457 g/mol. The van der Waals surface area contributed by atoms with Gasteiger partial charge in [-0.25, -0.2) is 12.8 Å². The Hall–Kier alpha value is -2.36. The van der Waals surface area contributed by atoms with Gasteiger partial charge in [-0.2, -0.15) is 4.31 Å². The van der Waals surface area contributed by atoms with E-state index in [4.69, 9.17) is 16.3 Å². The van der Waals surface area contributed by atoms with E-state index in [0.29, 0.717) is 39.3 Å². The molecule has 0 saturated carbocycles. The van der Waals surface area contributed by atoms with Crippen molar-refractivity contribution in [2.45, 2.75) is 17.7 Å². The molecule has 1 amide bonds. The average Bonchev–Trinajstić information content (AvgIpc) is 3.35. The molecule has 0 aromatic heterocycles. The molecule has 0 atom stereocenters. The molecule has 0 aliphatic carbocycles. The summed E-state index contributed by atoms with van der Waals surface area (Å²) in [4.78, 5) is 16.5. The van der Waals surface area contributed by atoms with E-state index in [2.05, 4.69) is 4.90 Å². The molecule has 2 aromatic carbocycles. The maximum absolute atomic E-state index is 13.1. The third-order valence-electron chi connectivity index (χ3n) is 5.78. The zero-order chi connectivity index (χ0) is 22.7. The SMILES string of the molecule is O=C(COc1ccc(S(=O)(=O)N2CCCC2)cc1Cl)N1CCN(c2ccc(F)cc2)CC1. The minimum atomic E-state index is -3.56. The number of sulfonamides is 1. The first kappa shape index (κ1) is 22.8. The summed E-state index contributed by atoms with van der Waals surface area (Å²) in [6.07, 6.45) is 1.71. The van der Waals surface area contributed by atoms with Gasteiger partial charge in [0.25, 0.3) is 5.91 Å². The molecule has 0 unspecified atom stereocenters. The third-order valence-corrected chi connectivity index (χ3v) is 7.97. The topological polar surface area (TPSA) is 70.2 Å². The first-order valence-corrected chi connectivity index (χ1v) is 12.4. The lowest BCUT2D eigenvalue weighted by atomic mass is 10.2. The van der Waals surface area contributed by atoms with Crippen LogP contribution in [0.1, 0.15) is 12.8 Å². The van der Waals surface area contributed by atoms with Crippen LogP contribution < -0.4 is 9.64 Å². The van der Waals surface area contributed by atoms with Gasteiger partial charge < -0.3 is 14.5 Å². The van der Waals surface area contributed by atoms with Gasteiger partial charge in [0.05, 0.1) is 9.92 Å². The molecule has 2 fully saturated rings. The van der Waals surface area contributed by atoms with Crippen molar-refractivity contribution in [3.05, 3.63) is 53.3 Å². The standard InChI is InChI=1S/C22H25ClFN3O4S/c23-20-15-19(32(29,30)27-9-1-2-10-27)7-8-21(20)31-16-22(28)26-13-11-25(12-14-26)18-5-3-17(24)4-6-18/h3-8,15H,1-2,9-14,16H2. The molecule has 4 rings (SSSR count). The van der Waals surface area contributed by atoms with Crippen LogP contribution in [0.25, 0.3) is 0 Å². The van der Waals surface area contributed by atoms with E-state index < -0.39 is 10.0 Å². The summed E-state index contributed by atoms with van der Waals surface area (Å²) in [7, 11) is -3.56. The quantitative estimate of drug-likeness (QED) is 0.634. The second kappa shape index (κ2) is 9.64. The second-order valence-corrected chi connectivity index (χ2v) is 10.2. The van der Waals surface area contributed by atoms with Crippen LogP contribution in [0.15, 0.2) is 47.4 Å².